The van der Waals surface area contributed by atoms with Crippen LogP contribution in [0.15, 0.2) is 48.5 Å². The van der Waals surface area contributed by atoms with Crippen LogP contribution in [-0.4, -0.2) is 36.1 Å². The number of amides is 2. The minimum absolute atomic E-state index is 0.100. The van der Waals surface area contributed by atoms with E-state index >= 15 is 0 Å². The zero-order valence-electron chi connectivity index (χ0n) is 16.4. The van der Waals surface area contributed by atoms with Gasteiger partial charge in [-0.05, 0) is 55.1 Å². The van der Waals surface area contributed by atoms with Crippen molar-refractivity contribution in [3.8, 4) is 0 Å². The number of hydrogen-bond acceptors (Lipinski definition) is 4. The summed E-state index contributed by atoms with van der Waals surface area (Å²) in [6, 6.07) is 14.1. The Morgan fingerprint density at radius 2 is 1.97 bits per heavy atom. The van der Waals surface area contributed by atoms with Gasteiger partial charge in [0.2, 0.25) is 5.91 Å². The van der Waals surface area contributed by atoms with E-state index in [4.69, 9.17) is 22.1 Å². The van der Waals surface area contributed by atoms with Crippen molar-refractivity contribution in [3.63, 3.8) is 0 Å². The van der Waals surface area contributed by atoms with Crippen molar-refractivity contribution >= 4 is 29.3 Å². The molecule has 0 spiro atoms. The molecule has 6 nitrogen and oxygen atoms in total. The van der Waals surface area contributed by atoms with Crippen LogP contribution in [0.1, 0.15) is 36.9 Å². The van der Waals surface area contributed by atoms with Gasteiger partial charge >= 0.3 is 6.09 Å². The lowest BCUT2D eigenvalue weighted by Gasteiger charge is -2.31. The van der Waals surface area contributed by atoms with Crippen molar-refractivity contribution in [2.24, 2.45) is 5.73 Å². The zero-order chi connectivity index (χ0) is 20.8. The van der Waals surface area contributed by atoms with Gasteiger partial charge in [0, 0.05) is 16.8 Å². The van der Waals surface area contributed by atoms with Gasteiger partial charge in [-0.15, -0.1) is 0 Å². The first-order chi connectivity index (χ1) is 14.0. The molecule has 0 aromatic heterocycles. The Bertz CT molecular complexity index is 857. The number of nitrogens with one attached hydrogen (secondary N) is 1. The second-order valence-corrected chi connectivity index (χ2v) is 7.54. The van der Waals surface area contributed by atoms with Crippen LogP contribution in [0.3, 0.4) is 0 Å². The third-order valence-electron chi connectivity index (χ3n) is 5.24. The van der Waals surface area contributed by atoms with Crippen molar-refractivity contribution in [3.05, 3.63) is 64.7 Å². The largest absolute Gasteiger partial charge is 0.448 e. The molecule has 2 amide bonds. The second kappa shape index (κ2) is 9.76. The fraction of sp³-hybridized carbons (Fsp3) is 0.364. The number of ether oxygens (including phenoxy) is 1. The molecule has 1 aliphatic heterocycles. The summed E-state index contributed by atoms with van der Waals surface area (Å²) < 4.78 is 5.44. The Labute approximate surface area is 176 Å². The van der Waals surface area contributed by atoms with Crippen LogP contribution < -0.4 is 11.1 Å². The summed E-state index contributed by atoms with van der Waals surface area (Å²) >= 11 is 6.30. The summed E-state index contributed by atoms with van der Waals surface area (Å²) in [5.41, 5.74) is 8.26. The highest BCUT2D eigenvalue weighted by Crippen LogP contribution is 2.33. The summed E-state index contributed by atoms with van der Waals surface area (Å²) in [6.07, 6.45) is 2.12. The molecule has 3 rings (SSSR count). The summed E-state index contributed by atoms with van der Waals surface area (Å²) in [6.45, 7) is 2.94. The molecule has 0 aliphatic carbocycles. The molecule has 3 N–H and O–H groups in total. The number of hydrogen-bond donors (Lipinski definition) is 2. The maximum absolute atomic E-state index is 12.2. The molecule has 154 valence electrons. The van der Waals surface area contributed by atoms with Gasteiger partial charge in [-0.1, -0.05) is 48.9 Å². The van der Waals surface area contributed by atoms with Gasteiger partial charge in [-0.3, -0.25) is 15.0 Å². The molecule has 1 aliphatic rings. The van der Waals surface area contributed by atoms with Crippen LogP contribution in [-0.2, 0) is 16.0 Å². The number of primary amides is 1. The van der Waals surface area contributed by atoms with Crippen LogP contribution in [0.4, 0.5) is 10.5 Å². The molecule has 2 atom stereocenters. The molecule has 1 unspecified atom stereocenters. The topological polar surface area (TPSA) is 84.7 Å². The third-order valence-corrected chi connectivity index (χ3v) is 5.58. The second-order valence-electron chi connectivity index (χ2n) is 7.13. The first-order valence-electron chi connectivity index (χ1n) is 9.81. The molecular weight excluding hydrogens is 390 g/mol. The highest BCUT2D eigenvalue weighted by molar-refractivity contribution is 6.31. The van der Waals surface area contributed by atoms with E-state index in [2.05, 4.69) is 12.2 Å². The molecular formula is C22H26ClN3O3. The number of rotatable bonds is 7. The summed E-state index contributed by atoms with van der Waals surface area (Å²) in [5, 5.41) is 3.23. The zero-order valence-corrected chi connectivity index (χ0v) is 17.2. The molecule has 0 saturated carbocycles. The Morgan fingerprint density at radius 1 is 1.24 bits per heavy atom. The average molecular weight is 416 g/mol. The van der Waals surface area contributed by atoms with Crippen LogP contribution in [0.5, 0.6) is 0 Å². The number of halogens is 1. The number of nitrogens with zero attached hydrogens (tertiary/aromatic N) is 1. The lowest BCUT2D eigenvalue weighted by molar-refractivity contribution is -0.124. The Kier molecular flexibility index (Phi) is 7.12. The fourth-order valence-corrected chi connectivity index (χ4v) is 3.96. The number of likely N-dealkylation sites (tertiary alicyclic amines) is 1. The van der Waals surface area contributed by atoms with E-state index in [1.165, 1.54) is 5.56 Å². The summed E-state index contributed by atoms with van der Waals surface area (Å²) in [7, 11) is 0. The maximum atomic E-state index is 12.2. The van der Waals surface area contributed by atoms with Gasteiger partial charge in [0.05, 0.1) is 0 Å². The van der Waals surface area contributed by atoms with Crippen molar-refractivity contribution < 1.29 is 14.3 Å². The van der Waals surface area contributed by atoms with E-state index in [0.717, 1.165) is 19.3 Å². The molecule has 1 saturated heterocycles. The van der Waals surface area contributed by atoms with E-state index in [1.807, 2.05) is 41.3 Å². The van der Waals surface area contributed by atoms with Crippen LogP contribution in [0.25, 0.3) is 0 Å². The Hall–Kier alpha value is -2.57. The molecule has 1 fully saturated rings. The predicted octanol–water partition coefficient (Wildman–Crippen LogP) is 4.14. The van der Waals surface area contributed by atoms with E-state index in [-0.39, 0.29) is 12.6 Å². The molecule has 2 aromatic rings. The van der Waals surface area contributed by atoms with Crippen molar-refractivity contribution in [2.75, 3.05) is 18.5 Å². The monoisotopic (exact) mass is 415 g/mol. The molecule has 7 heteroatoms. The highest BCUT2D eigenvalue weighted by atomic mass is 35.5. The van der Waals surface area contributed by atoms with Crippen LogP contribution in [0.2, 0.25) is 5.02 Å². The van der Waals surface area contributed by atoms with Gasteiger partial charge in [-0.2, -0.15) is 0 Å². The molecule has 1 heterocycles. The molecule has 29 heavy (non-hydrogen) atoms. The van der Waals surface area contributed by atoms with Crippen molar-refractivity contribution in [2.45, 2.75) is 38.3 Å². The first kappa shape index (κ1) is 21.1. The number of anilines is 1. The predicted molar refractivity (Wildman–Crippen MR) is 114 cm³/mol. The first-order valence-corrected chi connectivity index (χ1v) is 10.2. The summed E-state index contributed by atoms with van der Waals surface area (Å²) in [4.78, 5) is 26.4. The SMILES string of the molecule is CCc1ccc(NC(=O)OC[C@@H]2CCCN2C(C(N)=O)c2ccccc2Cl)cc1. The van der Waals surface area contributed by atoms with Gasteiger partial charge in [0.1, 0.15) is 12.6 Å². The average Bonchev–Trinajstić information content (AvgIpc) is 3.16. The lowest BCUT2D eigenvalue weighted by atomic mass is 10.0. The van der Waals surface area contributed by atoms with Crippen LogP contribution >= 0.6 is 11.6 Å². The number of aryl methyl sites for hydroxylation is 1. The van der Waals surface area contributed by atoms with Gasteiger partial charge in [0.15, 0.2) is 0 Å². The van der Waals surface area contributed by atoms with Crippen molar-refractivity contribution in [1.29, 1.82) is 0 Å². The highest BCUT2D eigenvalue weighted by Gasteiger charge is 2.36. The standard InChI is InChI=1S/C22H26ClN3O3/c1-2-15-9-11-16(12-10-15)25-22(28)29-14-17-6-5-13-26(17)20(21(24)27)18-7-3-4-8-19(18)23/h3-4,7-12,17,20H,2,5-6,13-14H2,1H3,(H2,24,27)(H,25,28)/t17-,20?/m0/s1. The van der Waals surface area contributed by atoms with Gasteiger partial charge < -0.3 is 10.5 Å². The maximum Gasteiger partial charge on any atom is 0.411 e. The van der Waals surface area contributed by atoms with E-state index in [1.54, 1.807) is 12.1 Å². The summed E-state index contributed by atoms with van der Waals surface area (Å²) in [5.74, 6) is -0.467. The normalized spacial score (nSPS) is 17.7. The molecule has 0 bridgehead atoms. The minimum Gasteiger partial charge on any atom is -0.448 e. The van der Waals surface area contributed by atoms with Gasteiger partial charge in [0.25, 0.3) is 0 Å². The molecule has 2 aromatic carbocycles. The fourth-order valence-electron chi connectivity index (χ4n) is 3.72. The van der Waals surface area contributed by atoms with E-state index in [9.17, 15) is 9.59 Å². The Morgan fingerprint density at radius 3 is 2.62 bits per heavy atom. The quantitative estimate of drug-likeness (QED) is 0.711. The molecule has 0 radical (unpaired) electrons. The minimum atomic E-state index is -0.649. The number of carbonyl (C=O) groups is 2. The lowest BCUT2D eigenvalue weighted by Crippen LogP contribution is -2.43. The van der Waals surface area contributed by atoms with E-state index in [0.29, 0.717) is 22.8 Å². The van der Waals surface area contributed by atoms with Gasteiger partial charge in [-0.25, -0.2) is 4.79 Å². The van der Waals surface area contributed by atoms with Crippen molar-refractivity contribution in [1.82, 2.24) is 4.90 Å². The van der Waals surface area contributed by atoms with E-state index < -0.39 is 18.0 Å². The number of nitrogens with two attached hydrogens (primary N) is 1. The van der Waals surface area contributed by atoms with Crippen LogP contribution in [0, 0.1) is 0 Å². The smallest absolute Gasteiger partial charge is 0.411 e. The Balaban J connectivity index is 1.63. The number of carbonyl (C=O) groups excluding carboxylic acids is 2. The third kappa shape index (κ3) is 5.28. The number of benzene rings is 2.